The van der Waals surface area contributed by atoms with E-state index in [2.05, 4.69) is 24.0 Å². The lowest BCUT2D eigenvalue weighted by molar-refractivity contribution is 1.43. The molecule has 0 atom stereocenters. The van der Waals surface area contributed by atoms with Gasteiger partial charge in [0.05, 0.1) is 11.1 Å². The summed E-state index contributed by atoms with van der Waals surface area (Å²) in [6, 6.07) is 4.17. The molecule has 2 heterocycles. The van der Waals surface area contributed by atoms with Crippen LogP contribution in [-0.4, -0.2) is 4.98 Å². The van der Waals surface area contributed by atoms with Crippen molar-refractivity contribution in [2.75, 3.05) is 0 Å². The maximum atomic E-state index is 5.78. The minimum absolute atomic E-state index is 0.746. The first-order valence-electron chi connectivity index (χ1n) is 3.44. The first-order valence-corrected chi connectivity index (χ1v) is 5.45. The zero-order valence-electron chi connectivity index (χ0n) is 6.37. The highest BCUT2D eigenvalue weighted by Crippen LogP contribution is 2.32. The van der Waals surface area contributed by atoms with E-state index in [1.165, 1.54) is 21.1 Å². The molecule has 0 bridgehead atoms. The van der Waals surface area contributed by atoms with Crippen LogP contribution in [0.25, 0.3) is 9.88 Å². The number of aromatic nitrogens is 1. The van der Waals surface area contributed by atoms with Crippen LogP contribution in [0, 0.1) is 6.92 Å². The highest BCUT2D eigenvalue weighted by molar-refractivity contribution is 7.23. The van der Waals surface area contributed by atoms with Crippen molar-refractivity contribution in [2.45, 2.75) is 6.92 Å². The van der Waals surface area contributed by atoms with Gasteiger partial charge in [0.1, 0.15) is 9.34 Å². The topological polar surface area (TPSA) is 12.9 Å². The lowest BCUT2D eigenvalue weighted by atomic mass is 10.4. The van der Waals surface area contributed by atoms with Gasteiger partial charge in [0.25, 0.3) is 0 Å². The maximum Gasteiger partial charge on any atom is 0.134 e. The number of rotatable bonds is 1. The molecule has 12 heavy (non-hydrogen) atoms. The molecule has 2 aromatic heterocycles. The van der Waals surface area contributed by atoms with Gasteiger partial charge in [-0.15, -0.1) is 22.7 Å². The van der Waals surface area contributed by atoms with Crippen molar-refractivity contribution >= 4 is 34.3 Å². The first kappa shape index (κ1) is 8.23. The molecule has 2 aromatic rings. The molecule has 0 spiro atoms. The Labute approximate surface area is 83.7 Å². The summed E-state index contributed by atoms with van der Waals surface area (Å²) in [5.41, 5.74) is 0. The third-order valence-electron chi connectivity index (χ3n) is 1.43. The van der Waals surface area contributed by atoms with Crippen molar-refractivity contribution in [3.63, 3.8) is 0 Å². The van der Waals surface area contributed by atoms with Gasteiger partial charge in [-0.3, -0.25) is 0 Å². The van der Waals surface area contributed by atoms with Gasteiger partial charge in [0.2, 0.25) is 0 Å². The normalized spacial score (nSPS) is 10.5. The van der Waals surface area contributed by atoms with Gasteiger partial charge in [-0.1, -0.05) is 11.6 Å². The van der Waals surface area contributed by atoms with Gasteiger partial charge in [0.15, 0.2) is 0 Å². The van der Waals surface area contributed by atoms with Crippen LogP contribution < -0.4 is 0 Å². The zero-order valence-corrected chi connectivity index (χ0v) is 8.76. The number of halogens is 1. The number of thiazole rings is 1. The van der Waals surface area contributed by atoms with E-state index in [1.807, 2.05) is 0 Å². The Morgan fingerprint density at radius 1 is 1.33 bits per heavy atom. The van der Waals surface area contributed by atoms with Crippen LogP contribution in [0.15, 0.2) is 18.3 Å². The molecule has 0 N–H and O–H groups in total. The standard InChI is InChI=1S/C8H6ClNS2/c1-5-2-3-6(11-5)8-10-4-7(9)12-8/h2-4H,1H3. The fourth-order valence-corrected chi connectivity index (χ4v) is 2.76. The van der Waals surface area contributed by atoms with E-state index in [-0.39, 0.29) is 0 Å². The lowest BCUT2D eigenvalue weighted by Gasteiger charge is -1.84. The molecule has 62 valence electrons. The van der Waals surface area contributed by atoms with E-state index in [1.54, 1.807) is 17.5 Å². The minimum atomic E-state index is 0.746. The Bertz CT molecular complexity index is 353. The number of hydrogen-bond donors (Lipinski definition) is 0. The predicted octanol–water partition coefficient (Wildman–Crippen LogP) is 3.83. The summed E-state index contributed by atoms with van der Waals surface area (Å²) in [7, 11) is 0. The molecular weight excluding hydrogens is 210 g/mol. The molecular formula is C8H6ClNS2. The van der Waals surface area contributed by atoms with E-state index in [4.69, 9.17) is 11.6 Å². The summed E-state index contributed by atoms with van der Waals surface area (Å²) >= 11 is 9.04. The SMILES string of the molecule is Cc1ccc(-c2ncc(Cl)s2)s1. The van der Waals surface area contributed by atoms with Crippen LogP contribution in [0.1, 0.15) is 4.88 Å². The number of thiophene rings is 1. The summed E-state index contributed by atoms with van der Waals surface area (Å²) in [5, 5.41) is 1.01. The monoisotopic (exact) mass is 215 g/mol. The first-order chi connectivity index (χ1) is 5.75. The summed E-state index contributed by atoms with van der Waals surface area (Å²) in [4.78, 5) is 6.70. The third kappa shape index (κ3) is 1.53. The summed E-state index contributed by atoms with van der Waals surface area (Å²) in [6.07, 6.45) is 1.69. The Kier molecular flexibility index (Phi) is 2.17. The van der Waals surface area contributed by atoms with Crippen LogP contribution in [0.4, 0.5) is 0 Å². The number of hydrogen-bond acceptors (Lipinski definition) is 3. The molecule has 0 fully saturated rings. The van der Waals surface area contributed by atoms with Crippen molar-refractivity contribution in [1.82, 2.24) is 4.98 Å². The lowest BCUT2D eigenvalue weighted by Crippen LogP contribution is -1.63. The van der Waals surface area contributed by atoms with E-state index in [0.717, 1.165) is 9.34 Å². The Hall–Kier alpha value is -0.380. The van der Waals surface area contributed by atoms with Gasteiger partial charge < -0.3 is 0 Å². The summed E-state index contributed by atoms with van der Waals surface area (Å²) in [5.74, 6) is 0. The molecule has 0 aromatic carbocycles. The van der Waals surface area contributed by atoms with E-state index in [0.29, 0.717) is 0 Å². The Morgan fingerprint density at radius 2 is 2.17 bits per heavy atom. The molecule has 0 aliphatic rings. The van der Waals surface area contributed by atoms with E-state index < -0.39 is 0 Å². The van der Waals surface area contributed by atoms with E-state index >= 15 is 0 Å². The summed E-state index contributed by atoms with van der Waals surface area (Å²) in [6.45, 7) is 2.09. The highest BCUT2D eigenvalue weighted by Gasteiger charge is 2.04. The number of nitrogens with zero attached hydrogens (tertiary/aromatic N) is 1. The van der Waals surface area contributed by atoms with Crippen LogP contribution in [-0.2, 0) is 0 Å². The second kappa shape index (κ2) is 3.17. The van der Waals surface area contributed by atoms with Gasteiger partial charge in [0, 0.05) is 4.88 Å². The molecule has 0 amide bonds. The van der Waals surface area contributed by atoms with Crippen LogP contribution in [0.2, 0.25) is 4.34 Å². The van der Waals surface area contributed by atoms with Gasteiger partial charge in [-0.25, -0.2) is 4.98 Å². The quantitative estimate of drug-likeness (QED) is 0.705. The van der Waals surface area contributed by atoms with Crippen molar-refractivity contribution in [3.8, 4) is 9.88 Å². The van der Waals surface area contributed by atoms with Crippen LogP contribution >= 0.6 is 34.3 Å². The Morgan fingerprint density at radius 3 is 2.67 bits per heavy atom. The molecule has 0 saturated carbocycles. The van der Waals surface area contributed by atoms with Crippen molar-refractivity contribution < 1.29 is 0 Å². The predicted molar refractivity (Wildman–Crippen MR) is 55.2 cm³/mol. The molecule has 0 saturated heterocycles. The van der Waals surface area contributed by atoms with Crippen molar-refractivity contribution in [3.05, 3.63) is 27.5 Å². The molecule has 0 aliphatic heterocycles. The van der Waals surface area contributed by atoms with Crippen LogP contribution in [0.5, 0.6) is 0 Å². The average molecular weight is 216 g/mol. The fourth-order valence-electron chi connectivity index (χ4n) is 0.918. The largest absolute Gasteiger partial charge is 0.242 e. The number of aryl methyl sites for hydroxylation is 1. The summed E-state index contributed by atoms with van der Waals surface area (Å²) < 4.78 is 0.746. The van der Waals surface area contributed by atoms with Gasteiger partial charge in [-0.2, -0.15) is 0 Å². The Balaban J connectivity index is 2.43. The molecule has 0 unspecified atom stereocenters. The second-order valence-electron chi connectivity index (χ2n) is 2.38. The zero-order chi connectivity index (χ0) is 8.55. The van der Waals surface area contributed by atoms with Crippen molar-refractivity contribution in [2.24, 2.45) is 0 Å². The maximum absolute atomic E-state index is 5.78. The molecule has 1 nitrogen and oxygen atoms in total. The minimum Gasteiger partial charge on any atom is -0.242 e. The second-order valence-corrected chi connectivity index (χ2v) is 5.33. The molecule has 4 heteroatoms. The highest BCUT2D eigenvalue weighted by atomic mass is 35.5. The fraction of sp³-hybridized carbons (Fsp3) is 0.125. The van der Waals surface area contributed by atoms with Gasteiger partial charge in [-0.05, 0) is 19.1 Å². The molecule has 2 rings (SSSR count). The average Bonchev–Trinajstić information content (AvgIpc) is 2.58. The third-order valence-corrected chi connectivity index (χ3v) is 3.71. The van der Waals surface area contributed by atoms with Crippen molar-refractivity contribution in [1.29, 1.82) is 0 Å². The van der Waals surface area contributed by atoms with Crippen LogP contribution in [0.3, 0.4) is 0 Å². The van der Waals surface area contributed by atoms with Gasteiger partial charge >= 0.3 is 0 Å². The molecule has 0 radical (unpaired) electrons. The van der Waals surface area contributed by atoms with E-state index in [9.17, 15) is 0 Å². The smallest absolute Gasteiger partial charge is 0.134 e. The molecule has 0 aliphatic carbocycles.